The highest BCUT2D eigenvalue weighted by atomic mass is 19.4. The van der Waals surface area contributed by atoms with Crippen LogP contribution >= 0.6 is 0 Å². The van der Waals surface area contributed by atoms with Crippen molar-refractivity contribution >= 4 is 5.69 Å². The van der Waals surface area contributed by atoms with Gasteiger partial charge in [0.15, 0.2) is 6.10 Å². The van der Waals surface area contributed by atoms with Gasteiger partial charge in [0.05, 0.1) is 12.6 Å². The number of aliphatic hydroxyl groups excluding tert-OH is 2. The van der Waals surface area contributed by atoms with Crippen LogP contribution in [-0.4, -0.2) is 41.6 Å². The molecule has 2 atom stereocenters. The Kier molecular flexibility index (Phi) is 9.34. The van der Waals surface area contributed by atoms with E-state index in [9.17, 15) is 40.9 Å². The lowest BCUT2D eigenvalue weighted by Crippen LogP contribution is -2.41. The van der Waals surface area contributed by atoms with E-state index in [0.717, 1.165) is 17.0 Å². The fourth-order valence-electron chi connectivity index (χ4n) is 2.68. The molecule has 0 aromatic heterocycles. The Bertz CT molecular complexity index is 859. The van der Waals surface area contributed by atoms with E-state index in [0.29, 0.717) is 5.56 Å². The summed E-state index contributed by atoms with van der Waals surface area (Å²) in [5.74, 6) is -0.600. The van der Waals surface area contributed by atoms with E-state index in [1.165, 1.54) is 37.3 Å². The molecule has 0 amide bonds. The average Bonchev–Trinajstić information content (AvgIpc) is 2.66. The fraction of sp³-hybridized carbons (Fsp3) is 0.429. The van der Waals surface area contributed by atoms with Crippen molar-refractivity contribution in [2.45, 2.75) is 51.8 Å². The summed E-state index contributed by atoms with van der Waals surface area (Å²) in [4.78, 5) is 1.12. The lowest BCUT2D eigenvalue weighted by molar-refractivity contribution is -0.253. The summed E-state index contributed by atoms with van der Waals surface area (Å²) in [7, 11) is 0. The predicted octanol–water partition coefficient (Wildman–Crippen LogP) is 5.54. The molecule has 4 nitrogen and oxygen atoms in total. The zero-order chi connectivity index (χ0) is 23.4. The highest BCUT2D eigenvalue weighted by molar-refractivity contribution is 5.50. The normalized spacial score (nSPS) is 14.0. The third-order valence-corrected chi connectivity index (χ3v) is 4.27. The van der Waals surface area contributed by atoms with Gasteiger partial charge in [-0.05, 0) is 42.3 Å². The number of benzene rings is 2. The molecule has 0 radical (unpaired) electrons. The van der Waals surface area contributed by atoms with Crippen LogP contribution < -0.4 is 9.64 Å². The molecule has 0 spiro atoms. The first-order valence-corrected chi connectivity index (χ1v) is 9.01. The van der Waals surface area contributed by atoms with E-state index in [1.807, 2.05) is 0 Å². The van der Waals surface area contributed by atoms with Gasteiger partial charge in [-0.1, -0.05) is 31.7 Å². The monoisotopic (exact) mass is 471 g/mol. The van der Waals surface area contributed by atoms with Crippen LogP contribution in [0, 0.1) is 0 Å². The Morgan fingerprint density at radius 1 is 0.969 bits per heavy atom. The van der Waals surface area contributed by atoms with Crippen molar-refractivity contribution in [1.82, 2.24) is 0 Å². The number of ether oxygens (including phenoxy) is 1. The first-order valence-electron chi connectivity index (χ1n) is 9.01. The van der Waals surface area contributed by atoms with Crippen molar-refractivity contribution in [2.75, 3.05) is 11.4 Å². The Labute approximate surface area is 180 Å². The van der Waals surface area contributed by atoms with Crippen LogP contribution in [-0.2, 0) is 6.54 Å². The van der Waals surface area contributed by atoms with Crippen LogP contribution in [0.2, 0.25) is 0 Å². The lowest BCUT2D eigenvalue weighted by atomic mass is 10.1. The molecule has 32 heavy (non-hydrogen) atoms. The van der Waals surface area contributed by atoms with Crippen molar-refractivity contribution in [3.63, 3.8) is 0 Å². The first kappa shape index (κ1) is 27.5. The topological polar surface area (TPSA) is 52.9 Å². The van der Waals surface area contributed by atoms with E-state index < -0.39 is 43.2 Å². The molecule has 2 N–H and O–H groups in total. The van der Waals surface area contributed by atoms with Gasteiger partial charge in [0.2, 0.25) is 0 Å². The molecule has 0 heterocycles. The molecule has 0 bridgehead atoms. The Morgan fingerprint density at radius 3 is 2.16 bits per heavy atom. The SMILES string of the molecule is C.CC(O)c1cccc(N(Cc2cccc(OC(F)(F)C(F)F)c2)CC(O)C(F)(F)F)c1. The smallest absolute Gasteiger partial charge is 0.428 e. The second-order valence-corrected chi connectivity index (χ2v) is 6.82. The summed E-state index contributed by atoms with van der Waals surface area (Å²) >= 11 is 0. The molecule has 180 valence electrons. The maximum atomic E-state index is 13.2. The molecule has 0 aliphatic heterocycles. The molecule has 0 saturated carbocycles. The molecule has 0 aliphatic carbocycles. The van der Waals surface area contributed by atoms with Gasteiger partial charge in [0.1, 0.15) is 5.75 Å². The molecular weight excluding hydrogens is 447 g/mol. The Hall–Kier alpha value is -2.53. The van der Waals surface area contributed by atoms with Gasteiger partial charge >= 0.3 is 18.7 Å². The van der Waals surface area contributed by atoms with Crippen LogP contribution in [0.1, 0.15) is 31.6 Å². The van der Waals surface area contributed by atoms with Crippen LogP contribution in [0.15, 0.2) is 48.5 Å². The minimum atomic E-state index is -4.91. The zero-order valence-electron chi connectivity index (χ0n) is 16.2. The number of nitrogens with zero attached hydrogens (tertiary/aromatic N) is 1. The molecule has 2 aromatic rings. The van der Waals surface area contributed by atoms with Gasteiger partial charge in [-0.15, -0.1) is 0 Å². The minimum Gasteiger partial charge on any atom is -0.428 e. The number of alkyl halides is 7. The second kappa shape index (κ2) is 10.9. The van der Waals surface area contributed by atoms with Gasteiger partial charge in [-0.2, -0.15) is 30.7 Å². The predicted molar refractivity (Wildman–Crippen MR) is 105 cm³/mol. The van der Waals surface area contributed by atoms with Crippen LogP contribution in [0.25, 0.3) is 0 Å². The average molecular weight is 471 g/mol. The highest BCUT2D eigenvalue weighted by Crippen LogP contribution is 2.30. The van der Waals surface area contributed by atoms with E-state index in [4.69, 9.17) is 0 Å². The number of anilines is 1. The van der Waals surface area contributed by atoms with Crippen LogP contribution in [0.5, 0.6) is 5.75 Å². The number of halogens is 7. The highest BCUT2D eigenvalue weighted by Gasteiger charge is 2.44. The summed E-state index contributed by atoms with van der Waals surface area (Å²) in [6.45, 7) is 0.261. The number of rotatable bonds is 9. The third kappa shape index (κ3) is 7.56. The van der Waals surface area contributed by atoms with Gasteiger partial charge in [-0.3, -0.25) is 0 Å². The van der Waals surface area contributed by atoms with E-state index in [1.54, 1.807) is 6.07 Å². The maximum Gasteiger partial charge on any atom is 0.461 e. The third-order valence-electron chi connectivity index (χ3n) is 4.27. The largest absolute Gasteiger partial charge is 0.461 e. The van der Waals surface area contributed by atoms with Crippen LogP contribution in [0.4, 0.5) is 36.4 Å². The van der Waals surface area contributed by atoms with Gasteiger partial charge in [0, 0.05) is 12.2 Å². The van der Waals surface area contributed by atoms with Crippen molar-refractivity contribution in [3.8, 4) is 5.75 Å². The summed E-state index contributed by atoms with van der Waals surface area (Å²) in [6.07, 6.45) is -17.4. The van der Waals surface area contributed by atoms with Crippen molar-refractivity contribution in [3.05, 3.63) is 59.7 Å². The molecule has 2 rings (SSSR count). The number of aliphatic hydroxyl groups is 2. The fourth-order valence-corrected chi connectivity index (χ4v) is 2.68. The number of hydrogen-bond donors (Lipinski definition) is 2. The molecule has 0 saturated heterocycles. The lowest BCUT2D eigenvalue weighted by Gasteiger charge is -2.29. The minimum absolute atomic E-state index is 0. The van der Waals surface area contributed by atoms with Crippen molar-refractivity contribution in [2.24, 2.45) is 0 Å². The molecule has 0 aliphatic rings. The zero-order valence-corrected chi connectivity index (χ0v) is 16.2. The summed E-state index contributed by atoms with van der Waals surface area (Å²) in [6, 6.07) is 10.5. The Balaban J connectivity index is 0.00000512. The molecular formula is C21H24F7NO3. The maximum absolute atomic E-state index is 13.2. The molecule has 0 fully saturated rings. The van der Waals surface area contributed by atoms with Gasteiger partial charge in [0.25, 0.3) is 0 Å². The van der Waals surface area contributed by atoms with Crippen LogP contribution in [0.3, 0.4) is 0 Å². The standard InChI is InChI=1S/C20H20F7NO3.CH4/c1-12(29)14-5-3-6-15(9-14)28(11-17(30)19(23,24)25)10-13-4-2-7-16(8-13)31-20(26,27)18(21)22;/h2-9,12,17-18,29-30H,10-11H2,1H3;1H4. The second-order valence-electron chi connectivity index (χ2n) is 6.82. The molecule has 2 unspecified atom stereocenters. The number of hydrogen-bond acceptors (Lipinski definition) is 4. The van der Waals surface area contributed by atoms with Gasteiger partial charge in [-0.25, -0.2) is 0 Å². The van der Waals surface area contributed by atoms with Gasteiger partial charge < -0.3 is 19.8 Å². The molecule has 2 aromatic carbocycles. The van der Waals surface area contributed by atoms with E-state index >= 15 is 0 Å². The summed E-state index contributed by atoms with van der Waals surface area (Å²) < 4.78 is 93.7. The van der Waals surface area contributed by atoms with Crippen molar-refractivity contribution < 1.29 is 45.7 Å². The quantitative estimate of drug-likeness (QED) is 0.472. The Morgan fingerprint density at radius 2 is 1.59 bits per heavy atom. The van der Waals surface area contributed by atoms with E-state index in [2.05, 4.69) is 4.74 Å². The molecule has 11 heteroatoms. The summed E-state index contributed by atoms with van der Waals surface area (Å²) in [5, 5.41) is 19.2. The first-order chi connectivity index (χ1) is 14.3. The van der Waals surface area contributed by atoms with E-state index in [-0.39, 0.29) is 25.2 Å². The van der Waals surface area contributed by atoms with Crippen molar-refractivity contribution in [1.29, 1.82) is 0 Å². The summed E-state index contributed by atoms with van der Waals surface area (Å²) in [5.41, 5.74) is 0.781.